The molecular weight excluding hydrogens is 270 g/mol. The van der Waals surface area contributed by atoms with E-state index in [4.69, 9.17) is 4.74 Å². The fraction of sp³-hybridized carbons (Fsp3) is 0.500. The Kier molecular flexibility index (Phi) is 5.35. The van der Waals surface area contributed by atoms with Crippen molar-refractivity contribution in [3.05, 3.63) is 29.8 Å². The highest BCUT2D eigenvalue weighted by Crippen LogP contribution is 2.14. The van der Waals surface area contributed by atoms with E-state index in [-0.39, 0.29) is 17.6 Å². The second kappa shape index (κ2) is 6.61. The first kappa shape index (κ1) is 17.0. The summed E-state index contributed by atoms with van der Waals surface area (Å²) < 4.78 is 5.32. The van der Waals surface area contributed by atoms with E-state index in [1.807, 2.05) is 13.8 Å². The smallest absolute Gasteiger partial charge is 0.329 e. The summed E-state index contributed by atoms with van der Waals surface area (Å²) in [7, 11) is 0. The van der Waals surface area contributed by atoms with Gasteiger partial charge in [-0.1, -0.05) is 13.8 Å². The number of phenols is 1. The predicted molar refractivity (Wildman–Crippen MR) is 80.0 cm³/mol. The molecule has 5 nitrogen and oxygen atoms in total. The number of ether oxygens (including phenoxy) is 1. The number of rotatable bonds is 4. The Morgan fingerprint density at radius 1 is 1.14 bits per heavy atom. The molecule has 0 saturated heterocycles. The monoisotopic (exact) mass is 293 g/mol. The highest BCUT2D eigenvalue weighted by atomic mass is 16.6. The number of aromatic hydroxyl groups is 1. The summed E-state index contributed by atoms with van der Waals surface area (Å²) in [5.74, 6) is -0.843. The Labute approximate surface area is 125 Å². The maximum Gasteiger partial charge on any atom is 0.329 e. The molecule has 0 aliphatic heterocycles. The number of benzene rings is 1. The average molecular weight is 293 g/mol. The first-order valence-corrected chi connectivity index (χ1v) is 6.93. The van der Waals surface area contributed by atoms with Crippen LogP contribution in [-0.2, 0) is 9.53 Å². The van der Waals surface area contributed by atoms with Crippen LogP contribution >= 0.6 is 0 Å². The topological polar surface area (TPSA) is 75.6 Å². The molecule has 2 N–H and O–H groups in total. The van der Waals surface area contributed by atoms with Gasteiger partial charge in [-0.25, -0.2) is 4.79 Å². The Balaban J connectivity index is 2.81. The second-order valence-electron chi connectivity index (χ2n) is 6.28. The Morgan fingerprint density at radius 2 is 1.67 bits per heavy atom. The van der Waals surface area contributed by atoms with Gasteiger partial charge in [0.15, 0.2) is 0 Å². The molecule has 0 aliphatic carbocycles. The minimum Gasteiger partial charge on any atom is -0.508 e. The summed E-state index contributed by atoms with van der Waals surface area (Å²) in [6, 6.07) is 5.12. The lowest BCUT2D eigenvalue weighted by Crippen LogP contribution is -2.47. The second-order valence-corrected chi connectivity index (χ2v) is 6.28. The molecule has 1 aromatic carbocycles. The standard InChI is InChI=1S/C16H23NO4/c1-10(2)13(15(20)21-16(3,4)5)17-14(19)11-6-8-12(18)9-7-11/h6-10,13,18H,1-5H3,(H,17,19)/t13-/m1/s1. The van der Waals surface area contributed by atoms with Crippen LogP contribution in [0.5, 0.6) is 5.75 Å². The minimum absolute atomic E-state index is 0.0825. The zero-order valence-electron chi connectivity index (χ0n) is 13.1. The van der Waals surface area contributed by atoms with Crippen molar-refractivity contribution in [2.24, 2.45) is 5.92 Å². The zero-order chi connectivity index (χ0) is 16.2. The van der Waals surface area contributed by atoms with Gasteiger partial charge in [-0.05, 0) is 51.0 Å². The third-order valence-corrected chi connectivity index (χ3v) is 2.74. The van der Waals surface area contributed by atoms with E-state index >= 15 is 0 Å². The van der Waals surface area contributed by atoms with Crippen LogP contribution in [0.1, 0.15) is 45.0 Å². The Hall–Kier alpha value is -2.04. The van der Waals surface area contributed by atoms with Gasteiger partial charge in [0.05, 0.1) is 0 Å². The van der Waals surface area contributed by atoms with Crippen LogP contribution in [0.2, 0.25) is 0 Å². The zero-order valence-corrected chi connectivity index (χ0v) is 13.1. The molecule has 1 amide bonds. The summed E-state index contributed by atoms with van der Waals surface area (Å²) in [4.78, 5) is 24.3. The molecule has 0 aliphatic rings. The Morgan fingerprint density at radius 3 is 2.10 bits per heavy atom. The van der Waals surface area contributed by atoms with Crippen LogP contribution in [0.15, 0.2) is 24.3 Å². The molecule has 0 radical (unpaired) electrons. The quantitative estimate of drug-likeness (QED) is 0.836. The largest absolute Gasteiger partial charge is 0.508 e. The van der Waals surface area contributed by atoms with Gasteiger partial charge in [0, 0.05) is 5.56 Å². The lowest BCUT2D eigenvalue weighted by atomic mass is 10.0. The number of esters is 1. The molecule has 1 aromatic rings. The summed E-state index contributed by atoms with van der Waals surface area (Å²) in [6.07, 6.45) is 0. The average Bonchev–Trinajstić information content (AvgIpc) is 2.33. The maximum absolute atomic E-state index is 12.1. The third-order valence-electron chi connectivity index (χ3n) is 2.74. The van der Waals surface area contributed by atoms with E-state index < -0.39 is 17.6 Å². The molecule has 1 atom stereocenters. The van der Waals surface area contributed by atoms with E-state index in [0.717, 1.165) is 0 Å². The number of nitrogens with one attached hydrogen (secondary N) is 1. The summed E-state index contributed by atoms with van der Waals surface area (Å²) in [6.45, 7) is 9.02. The molecule has 5 heteroatoms. The third kappa shape index (κ3) is 5.45. The van der Waals surface area contributed by atoms with Gasteiger partial charge in [0.25, 0.3) is 5.91 Å². The SMILES string of the molecule is CC(C)[C@@H](NC(=O)c1ccc(O)cc1)C(=O)OC(C)(C)C. The van der Waals surface area contributed by atoms with Gasteiger partial charge in [-0.15, -0.1) is 0 Å². The Bertz CT molecular complexity index is 500. The molecule has 0 unspecified atom stereocenters. The first-order chi connectivity index (χ1) is 9.60. The van der Waals surface area contributed by atoms with Crippen molar-refractivity contribution in [1.29, 1.82) is 0 Å². The number of hydrogen-bond donors (Lipinski definition) is 2. The highest BCUT2D eigenvalue weighted by Gasteiger charge is 2.29. The van der Waals surface area contributed by atoms with Gasteiger partial charge in [0.1, 0.15) is 17.4 Å². The number of carbonyl (C=O) groups excluding carboxylic acids is 2. The number of carbonyl (C=O) groups is 2. The molecule has 0 bridgehead atoms. The molecule has 0 heterocycles. The summed E-state index contributed by atoms with van der Waals surface area (Å²) >= 11 is 0. The van der Waals surface area contributed by atoms with E-state index in [2.05, 4.69) is 5.32 Å². The molecule has 0 saturated carbocycles. The van der Waals surface area contributed by atoms with Crippen molar-refractivity contribution in [3.63, 3.8) is 0 Å². The van der Waals surface area contributed by atoms with Crippen molar-refractivity contribution >= 4 is 11.9 Å². The number of phenolic OH excluding ortho intramolecular Hbond substituents is 1. The van der Waals surface area contributed by atoms with Gasteiger partial charge >= 0.3 is 5.97 Å². The van der Waals surface area contributed by atoms with Gasteiger partial charge in [-0.3, -0.25) is 4.79 Å². The van der Waals surface area contributed by atoms with Gasteiger partial charge in [0.2, 0.25) is 0 Å². The van der Waals surface area contributed by atoms with Gasteiger partial charge in [-0.2, -0.15) is 0 Å². The first-order valence-electron chi connectivity index (χ1n) is 6.93. The maximum atomic E-state index is 12.1. The van der Waals surface area contributed by atoms with E-state index in [0.29, 0.717) is 5.56 Å². The minimum atomic E-state index is -0.717. The summed E-state index contributed by atoms with van der Waals surface area (Å²) in [5, 5.41) is 11.9. The number of amides is 1. The van der Waals surface area contributed by atoms with Crippen LogP contribution < -0.4 is 5.32 Å². The fourth-order valence-corrected chi connectivity index (χ4v) is 1.70. The van der Waals surface area contributed by atoms with Crippen molar-refractivity contribution < 1.29 is 19.4 Å². The van der Waals surface area contributed by atoms with Crippen LogP contribution in [0, 0.1) is 5.92 Å². The highest BCUT2D eigenvalue weighted by molar-refractivity contribution is 5.96. The predicted octanol–water partition coefficient (Wildman–Crippen LogP) is 2.49. The normalized spacial score (nSPS) is 12.9. The van der Waals surface area contributed by atoms with E-state index in [1.54, 1.807) is 20.8 Å². The number of hydrogen-bond acceptors (Lipinski definition) is 4. The molecule has 1 rings (SSSR count). The lowest BCUT2D eigenvalue weighted by Gasteiger charge is -2.26. The molecule has 21 heavy (non-hydrogen) atoms. The van der Waals surface area contributed by atoms with Crippen molar-refractivity contribution in [3.8, 4) is 5.75 Å². The van der Waals surface area contributed by atoms with E-state index in [1.165, 1.54) is 24.3 Å². The van der Waals surface area contributed by atoms with Crippen molar-refractivity contribution in [2.45, 2.75) is 46.3 Å². The van der Waals surface area contributed by atoms with Crippen molar-refractivity contribution in [2.75, 3.05) is 0 Å². The molecule has 0 spiro atoms. The lowest BCUT2D eigenvalue weighted by molar-refractivity contribution is -0.158. The van der Waals surface area contributed by atoms with E-state index in [9.17, 15) is 14.7 Å². The van der Waals surface area contributed by atoms with Crippen LogP contribution in [0.25, 0.3) is 0 Å². The molecule has 0 aromatic heterocycles. The van der Waals surface area contributed by atoms with Crippen LogP contribution in [0.3, 0.4) is 0 Å². The molecular formula is C16H23NO4. The fourth-order valence-electron chi connectivity index (χ4n) is 1.70. The molecule has 116 valence electrons. The van der Waals surface area contributed by atoms with Crippen LogP contribution in [0.4, 0.5) is 0 Å². The van der Waals surface area contributed by atoms with Gasteiger partial charge < -0.3 is 15.2 Å². The molecule has 0 fully saturated rings. The van der Waals surface area contributed by atoms with Crippen LogP contribution in [-0.4, -0.2) is 28.6 Å². The summed E-state index contributed by atoms with van der Waals surface area (Å²) in [5.41, 5.74) is -0.227. The van der Waals surface area contributed by atoms with Crippen molar-refractivity contribution in [1.82, 2.24) is 5.32 Å².